The zero-order valence-corrected chi connectivity index (χ0v) is 6.49. The zero-order chi connectivity index (χ0) is 8.27. The summed E-state index contributed by atoms with van der Waals surface area (Å²) in [4.78, 5) is 10.3. The van der Waals surface area contributed by atoms with E-state index in [2.05, 4.69) is 0 Å². The fraction of sp³-hybridized carbons (Fsp3) is 0.857. The molecule has 1 saturated heterocycles. The van der Waals surface area contributed by atoms with Gasteiger partial charge >= 0.3 is 5.97 Å². The van der Waals surface area contributed by atoms with Crippen LogP contribution < -0.4 is 5.84 Å². The Morgan fingerprint density at radius 2 is 2.45 bits per heavy atom. The van der Waals surface area contributed by atoms with Crippen molar-refractivity contribution in [1.29, 1.82) is 0 Å². The quantitative estimate of drug-likeness (QED) is 0.557. The van der Waals surface area contributed by atoms with Crippen molar-refractivity contribution in [3.05, 3.63) is 0 Å². The second-order valence-electron chi connectivity index (χ2n) is 3.10. The van der Waals surface area contributed by atoms with E-state index in [0.29, 0.717) is 0 Å². The molecule has 1 unspecified atom stereocenters. The Morgan fingerprint density at radius 1 is 1.73 bits per heavy atom. The van der Waals surface area contributed by atoms with E-state index in [9.17, 15) is 4.79 Å². The number of nitrogens with zero attached hydrogens (tertiary/aromatic N) is 1. The van der Waals surface area contributed by atoms with Crippen LogP contribution in [0.2, 0.25) is 0 Å². The summed E-state index contributed by atoms with van der Waals surface area (Å²) in [7, 11) is 0. The van der Waals surface area contributed by atoms with Crippen molar-refractivity contribution in [3.63, 3.8) is 0 Å². The summed E-state index contributed by atoms with van der Waals surface area (Å²) in [5, 5.41) is 10.2. The van der Waals surface area contributed by atoms with Crippen LogP contribution in [0, 0.1) is 5.92 Å². The molecular weight excluding hydrogens is 144 g/mol. The van der Waals surface area contributed by atoms with Crippen molar-refractivity contribution >= 4 is 5.97 Å². The van der Waals surface area contributed by atoms with E-state index in [4.69, 9.17) is 10.9 Å². The minimum atomic E-state index is -0.717. The molecule has 1 aliphatic heterocycles. The number of carboxylic acids is 1. The molecule has 1 atom stereocenters. The van der Waals surface area contributed by atoms with E-state index in [0.717, 1.165) is 25.9 Å². The average Bonchev–Trinajstić information content (AvgIpc) is 1.85. The van der Waals surface area contributed by atoms with Crippen LogP contribution in [-0.4, -0.2) is 29.2 Å². The minimum absolute atomic E-state index is 0.256. The number of hydrazine groups is 1. The van der Waals surface area contributed by atoms with Crippen molar-refractivity contribution < 1.29 is 9.90 Å². The van der Waals surface area contributed by atoms with E-state index in [1.54, 1.807) is 5.01 Å². The predicted octanol–water partition coefficient (Wildman–Crippen LogP) is 0.0468. The Labute approximate surface area is 65.9 Å². The molecule has 3 N–H and O–H groups in total. The second kappa shape index (κ2) is 3.69. The Hall–Kier alpha value is -0.610. The van der Waals surface area contributed by atoms with E-state index in [1.165, 1.54) is 0 Å². The number of carboxylic acid groups (broad SMARTS) is 1. The van der Waals surface area contributed by atoms with Gasteiger partial charge < -0.3 is 5.11 Å². The first-order chi connectivity index (χ1) is 5.18. The summed E-state index contributed by atoms with van der Waals surface area (Å²) in [6, 6.07) is 0. The van der Waals surface area contributed by atoms with Crippen LogP contribution in [0.1, 0.15) is 19.3 Å². The van der Waals surface area contributed by atoms with Gasteiger partial charge in [0, 0.05) is 19.5 Å². The van der Waals surface area contributed by atoms with Crippen molar-refractivity contribution in [2.24, 2.45) is 11.8 Å². The summed E-state index contributed by atoms with van der Waals surface area (Å²) < 4.78 is 0. The molecule has 64 valence electrons. The molecule has 0 aromatic heterocycles. The van der Waals surface area contributed by atoms with Crippen molar-refractivity contribution in [2.45, 2.75) is 19.3 Å². The van der Waals surface area contributed by atoms with Gasteiger partial charge in [-0.3, -0.25) is 10.6 Å². The van der Waals surface area contributed by atoms with Gasteiger partial charge in [-0.1, -0.05) is 0 Å². The Morgan fingerprint density at radius 3 is 3.00 bits per heavy atom. The topological polar surface area (TPSA) is 66.6 Å². The van der Waals surface area contributed by atoms with Gasteiger partial charge in [-0.25, -0.2) is 5.01 Å². The number of rotatable bonds is 2. The van der Waals surface area contributed by atoms with Gasteiger partial charge in [-0.2, -0.15) is 0 Å². The third-order valence-corrected chi connectivity index (χ3v) is 2.01. The molecule has 0 radical (unpaired) electrons. The van der Waals surface area contributed by atoms with Crippen molar-refractivity contribution in [2.75, 3.05) is 13.1 Å². The monoisotopic (exact) mass is 158 g/mol. The molecule has 0 aliphatic carbocycles. The lowest BCUT2D eigenvalue weighted by Gasteiger charge is -2.27. The number of aliphatic carboxylic acids is 1. The Kier molecular flexibility index (Phi) is 2.84. The van der Waals surface area contributed by atoms with Crippen LogP contribution in [0.5, 0.6) is 0 Å². The maximum atomic E-state index is 10.3. The summed E-state index contributed by atoms with van der Waals surface area (Å²) in [6.07, 6.45) is 2.28. The number of hydrogen-bond acceptors (Lipinski definition) is 3. The minimum Gasteiger partial charge on any atom is -0.481 e. The molecule has 0 bridgehead atoms. The first-order valence-corrected chi connectivity index (χ1v) is 3.90. The van der Waals surface area contributed by atoms with Gasteiger partial charge in [0.1, 0.15) is 0 Å². The first-order valence-electron chi connectivity index (χ1n) is 3.90. The van der Waals surface area contributed by atoms with Gasteiger partial charge in [-0.15, -0.1) is 0 Å². The largest absolute Gasteiger partial charge is 0.481 e. The number of carbonyl (C=O) groups is 1. The standard InChI is InChI=1S/C7H14N2O2/c8-9-3-1-2-6(5-9)4-7(10)11/h6H,1-5,8H2,(H,10,11). The van der Waals surface area contributed by atoms with Crippen LogP contribution >= 0.6 is 0 Å². The van der Waals surface area contributed by atoms with Crippen molar-refractivity contribution in [3.8, 4) is 0 Å². The Balaban J connectivity index is 2.28. The molecule has 0 aromatic rings. The summed E-state index contributed by atoms with van der Waals surface area (Å²) in [5.41, 5.74) is 0. The molecule has 4 heteroatoms. The highest BCUT2D eigenvalue weighted by Gasteiger charge is 2.19. The van der Waals surface area contributed by atoms with Crippen LogP contribution in [0.4, 0.5) is 0 Å². The summed E-state index contributed by atoms with van der Waals surface area (Å²) >= 11 is 0. The predicted molar refractivity (Wildman–Crippen MR) is 40.7 cm³/mol. The van der Waals surface area contributed by atoms with Gasteiger partial charge in [-0.05, 0) is 18.8 Å². The SMILES string of the molecule is NN1CCCC(CC(=O)O)C1. The molecule has 1 aliphatic rings. The van der Waals surface area contributed by atoms with Crippen LogP contribution in [-0.2, 0) is 4.79 Å². The van der Waals surface area contributed by atoms with E-state index >= 15 is 0 Å². The van der Waals surface area contributed by atoms with E-state index in [-0.39, 0.29) is 12.3 Å². The molecular formula is C7H14N2O2. The third kappa shape index (κ3) is 2.86. The molecule has 0 aromatic carbocycles. The number of nitrogens with two attached hydrogens (primary N) is 1. The zero-order valence-electron chi connectivity index (χ0n) is 6.49. The fourth-order valence-corrected chi connectivity index (χ4v) is 1.51. The lowest BCUT2D eigenvalue weighted by atomic mass is 9.96. The fourth-order valence-electron chi connectivity index (χ4n) is 1.51. The maximum Gasteiger partial charge on any atom is 0.303 e. The van der Waals surface area contributed by atoms with Crippen LogP contribution in [0.3, 0.4) is 0 Å². The van der Waals surface area contributed by atoms with Gasteiger partial charge in [0.2, 0.25) is 0 Å². The highest BCUT2D eigenvalue weighted by atomic mass is 16.4. The molecule has 0 spiro atoms. The van der Waals surface area contributed by atoms with E-state index < -0.39 is 5.97 Å². The van der Waals surface area contributed by atoms with Gasteiger partial charge in [0.15, 0.2) is 0 Å². The summed E-state index contributed by atoms with van der Waals surface area (Å²) in [5.74, 6) is 5.08. The average molecular weight is 158 g/mol. The lowest BCUT2D eigenvalue weighted by molar-refractivity contribution is -0.138. The summed E-state index contributed by atoms with van der Waals surface area (Å²) in [6.45, 7) is 1.63. The molecule has 11 heavy (non-hydrogen) atoms. The third-order valence-electron chi connectivity index (χ3n) is 2.01. The number of piperidine rings is 1. The molecule has 1 fully saturated rings. The molecule has 0 amide bonds. The molecule has 4 nitrogen and oxygen atoms in total. The molecule has 1 heterocycles. The van der Waals surface area contributed by atoms with Gasteiger partial charge in [0.05, 0.1) is 0 Å². The molecule has 0 saturated carbocycles. The van der Waals surface area contributed by atoms with Gasteiger partial charge in [0.25, 0.3) is 0 Å². The smallest absolute Gasteiger partial charge is 0.303 e. The van der Waals surface area contributed by atoms with Crippen molar-refractivity contribution in [1.82, 2.24) is 5.01 Å². The highest BCUT2D eigenvalue weighted by molar-refractivity contribution is 5.67. The number of hydrogen-bond donors (Lipinski definition) is 2. The van der Waals surface area contributed by atoms with Crippen LogP contribution in [0.15, 0.2) is 0 Å². The second-order valence-corrected chi connectivity index (χ2v) is 3.10. The first kappa shape index (κ1) is 8.49. The van der Waals surface area contributed by atoms with Crippen LogP contribution in [0.25, 0.3) is 0 Å². The lowest BCUT2D eigenvalue weighted by Crippen LogP contribution is -2.40. The normalized spacial score (nSPS) is 26.8. The maximum absolute atomic E-state index is 10.3. The molecule has 1 rings (SSSR count). The highest BCUT2D eigenvalue weighted by Crippen LogP contribution is 2.16. The van der Waals surface area contributed by atoms with E-state index in [1.807, 2.05) is 0 Å². The Bertz CT molecular complexity index is 149.